The van der Waals surface area contributed by atoms with Gasteiger partial charge in [0.1, 0.15) is 33.1 Å². The Morgan fingerprint density at radius 1 is 0.477 bits per heavy atom. The van der Waals surface area contributed by atoms with E-state index in [9.17, 15) is 19.2 Å². The highest BCUT2D eigenvalue weighted by atomic mass is 35.5. The summed E-state index contributed by atoms with van der Waals surface area (Å²) in [6.45, 7) is 0.0970. The number of amides is 4. The zero-order valence-electron chi connectivity index (χ0n) is 35.5. The molecule has 0 atom stereocenters. The number of rotatable bonds is 10. The maximum atomic E-state index is 14.0. The standard InChI is InChI=1S/C29H23N3O4.C13H11Cl2NO4.C8H7N/c1-35-18-12-11-17(25(13-18)36-2)16-32-28(33)26(21-14-30-23-9-5-3-7-19(21)23)27(29(32)34)22-15-31-24-10-6-4-8-20(22)24;1-19-8-4-3-7(9(5-8)20-2)6-16-12(17)10(14)11(15)13(16)18;1-2-4-8-7(3-1)5-6-9-8/h3-15,30-31H,16H2,1-2H3;3-5H,6H2,1-2H3;1-6,9H. The van der Waals surface area contributed by atoms with Crippen molar-refractivity contribution < 1.29 is 38.1 Å². The maximum Gasteiger partial charge on any atom is 0.274 e. The van der Waals surface area contributed by atoms with Crippen molar-refractivity contribution in [2.45, 2.75) is 13.1 Å². The highest BCUT2D eigenvalue weighted by Crippen LogP contribution is 2.42. The van der Waals surface area contributed by atoms with E-state index in [0.29, 0.717) is 56.4 Å². The molecule has 328 valence electrons. The summed E-state index contributed by atoms with van der Waals surface area (Å²) in [4.78, 5) is 63.5. The number of nitrogens with zero attached hydrogens (tertiary/aromatic N) is 2. The van der Waals surface area contributed by atoms with E-state index in [1.807, 2.05) is 72.9 Å². The minimum absolute atomic E-state index is 0.0251. The summed E-state index contributed by atoms with van der Waals surface area (Å²) in [5.74, 6) is 0.378. The predicted molar refractivity (Wildman–Crippen MR) is 251 cm³/mol. The van der Waals surface area contributed by atoms with E-state index < -0.39 is 11.8 Å². The number of hydrogen-bond acceptors (Lipinski definition) is 8. The Labute approximate surface area is 382 Å². The minimum Gasteiger partial charge on any atom is -0.497 e. The van der Waals surface area contributed by atoms with Crippen LogP contribution in [0.2, 0.25) is 0 Å². The van der Waals surface area contributed by atoms with E-state index >= 15 is 0 Å². The summed E-state index contributed by atoms with van der Waals surface area (Å²) in [5.41, 5.74) is 6.52. The quantitative estimate of drug-likeness (QED) is 0.115. The fraction of sp³-hybridized carbons (Fsp3) is 0.120. The fourth-order valence-electron chi connectivity index (χ4n) is 7.74. The number of H-pyrrole nitrogens is 3. The monoisotopic (exact) mass is 909 g/mol. The maximum absolute atomic E-state index is 14.0. The Morgan fingerprint density at radius 2 is 0.908 bits per heavy atom. The largest absolute Gasteiger partial charge is 0.497 e. The molecule has 0 unspecified atom stereocenters. The number of para-hydroxylation sites is 3. The summed E-state index contributed by atoms with van der Waals surface area (Å²) in [7, 11) is 6.15. The van der Waals surface area contributed by atoms with E-state index in [1.165, 1.54) is 30.0 Å². The molecule has 2 aliphatic rings. The van der Waals surface area contributed by atoms with E-state index in [4.69, 9.17) is 42.1 Å². The molecule has 0 fully saturated rings. The normalized spacial score (nSPS) is 13.8. The number of ether oxygens (including phenoxy) is 4. The molecule has 0 bridgehead atoms. The third-order valence-electron chi connectivity index (χ3n) is 11.1. The van der Waals surface area contributed by atoms with E-state index in [-0.39, 0.29) is 35.0 Å². The van der Waals surface area contributed by atoms with Crippen molar-refractivity contribution in [2.24, 2.45) is 0 Å². The second-order valence-electron chi connectivity index (χ2n) is 14.7. The molecule has 3 aromatic heterocycles. The van der Waals surface area contributed by atoms with Crippen molar-refractivity contribution in [1.29, 1.82) is 0 Å². The summed E-state index contributed by atoms with van der Waals surface area (Å²) in [6.07, 6.45) is 5.56. The van der Waals surface area contributed by atoms with E-state index in [1.54, 1.807) is 56.9 Å². The molecule has 3 N–H and O–H groups in total. The van der Waals surface area contributed by atoms with Crippen molar-refractivity contribution in [2.75, 3.05) is 28.4 Å². The highest BCUT2D eigenvalue weighted by molar-refractivity contribution is 6.58. The Hall–Kier alpha value is -7.74. The molecule has 10 rings (SSSR count). The molecule has 4 amide bonds. The van der Waals surface area contributed by atoms with Gasteiger partial charge in [0, 0.05) is 80.3 Å². The Balaban J connectivity index is 0.000000165. The Bertz CT molecular complexity index is 3050. The van der Waals surface area contributed by atoms with Gasteiger partial charge in [0.05, 0.1) is 52.7 Å². The molecular weight excluding hydrogens is 869 g/mol. The van der Waals surface area contributed by atoms with Gasteiger partial charge in [-0.05, 0) is 53.9 Å². The molecule has 65 heavy (non-hydrogen) atoms. The molecule has 2 aliphatic heterocycles. The van der Waals surface area contributed by atoms with Crippen molar-refractivity contribution in [3.63, 3.8) is 0 Å². The van der Waals surface area contributed by atoms with Gasteiger partial charge in [-0.15, -0.1) is 0 Å². The number of aromatic nitrogens is 3. The molecule has 15 heteroatoms. The molecule has 8 aromatic rings. The van der Waals surface area contributed by atoms with Gasteiger partial charge in [-0.1, -0.05) is 77.8 Å². The number of carbonyl (C=O) groups excluding carboxylic acids is 4. The molecule has 5 aromatic carbocycles. The summed E-state index contributed by atoms with van der Waals surface area (Å²) in [6, 6.07) is 36.2. The number of benzene rings is 5. The van der Waals surface area contributed by atoms with E-state index in [0.717, 1.165) is 26.7 Å². The van der Waals surface area contributed by atoms with Crippen LogP contribution in [0.4, 0.5) is 0 Å². The average molecular weight is 911 g/mol. The lowest BCUT2D eigenvalue weighted by Crippen LogP contribution is -2.31. The van der Waals surface area contributed by atoms with E-state index in [2.05, 4.69) is 33.2 Å². The first-order chi connectivity index (χ1) is 31.6. The Kier molecular flexibility index (Phi) is 12.8. The van der Waals surface area contributed by atoms with Gasteiger partial charge in [0.15, 0.2) is 0 Å². The molecule has 5 heterocycles. The fourth-order valence-corrected chi connectivity index (χ4v) is 8.10. The Morgan fingerprint density at radius 3 is 1.35 bits per heavy atom. The lowest BCUT2D eigenvalue weighted by Gasteiger charge is -2.18. The highest BCUT2D eigenvalue weighted by Gasteiger charge is 2.42. The topological polar surface area (TPSA) is 159 Å². The van der Waals surface area contributed by atoms with Crippen LogP contribution in [-0.4, -0.2) is 76.8 Å². The lowest BCUT2D eigenvalue weighted by molar-refractivity contribution is -0.138. The zero-order chi connectivity index (χ0) is 45.8. The van der Waals surface area contributed by atoms with Crippen molar-refractivity contribution >= 4 is 90.7 Å². The number of halogens is 2. The van der Waals surface area contributed by atoms with Crippen LogP contribution in [0.1, 0.15) is 22.3 Å². The molecular formula is C50H41Cl2N5O8. The van der Waals surface area contributed by atoms with Crippen LogP contribution >= 0.6 is 23.2 Å². The van der Waals surface area contributed by atoms with Crippen LogP contribution in [0.15, 0.2) is 144 Å². The first-order valence-corrected chi connectivity index (χ1v) is 20.9. The first kappa shape index (κ1) is 43.9. The smallest absolute Gasteiger partial charge is 0.274 e. The second kappa shape index (κ2) is 18.9. The van der Waals surface area contributed by atoms with Crippen LogP contribution in [0.5, 0.6) is 23.0 Å². The van der Waals surface area contributed by atoms with Crippen molar-refractivity contribution in [3.8, 4) is 23.0 Å². The van der Waals surface area contributed by atoms with Crippen LogP contribution in [0.25, 0.3) is 43.9 Å². The molecule has 0 spiro atoms. The third kappa shape index (κ3) is 8.54. The van der Waals surface area contributed by atoms with Gasteiger partial charge in [-0.25, -0.2) is 0 Å². The summed E-state index contributed by atoms with van der Waals surface area (Å²) < 4.78 is 21.1. The number of hydrogen-bond donors (Lipinski definition) is 3. The predicted octanol–water partition coefficient (Wildman–Crippen LogP) is 9.58. The van der Waals surface area contributed by atoms with Crippen LogP contribution in [-0.2, 0) is 32.3 Å². The van der Waals surface area contributed by atoms with Gasteiger partial charge in [-0.3, -0.25) is 29.0 Å². The minimum atomic E-state index is -0.612. The average Bonchev–Trinajstić information content (AvgIpc) is 4.17. The lowest BCUT2D eigenvalue weighted by atomic mass is 9.95. The number of aromatic amines is 3. The van der Waals surface area contributed by atoms with Crippen molar-refractivity contribution in [3.05, 3.63) is 166 Å². The number of imide groups is 2. The van der Waals surface area contributed by atoms with Crippen LogP contribution in [0, 0.1) is 0 Å². The van der Waals surface area contributed by atoms with Gasteiger partial charge in [0.2, 0.25) is 0 Å². The van der Waals surface area contributed by atoms with Crippen LogP contribution < -0.4 is 18.9 Å². The van der Waals surface area contributed by atoms with Gasteiger partial charge in [-0.2, -0.15) is 0 Å². The molecule has 0 saturated heterocycles. The van der Waals surface area contributed by atoms with Gasteiger partial charge >= 0.3 is 0 Å². The number of carbonyl (C=O) groups is 4. The zero-order valence-corrected chi connectivity index (χ0v) is 37.0. The molecule has 0 radical (unpaired) electrons. The number of fused-ring (bicyclic) bond motifs is 3. The second-order valence-corrected chi connectivity index (χ2v) is 15.4. The SMILES string of the molecule is COc1ccc(CN2C(=O)C(Cl)=C(Cl)C2=O)c(OC)c1.COc1ccc(CN2C(=O)C(c3c[nH]c4ccccc34)=C(c3c[nH]c4ccccc34)C2=O)c(OC)c1.c1ccc2[nH]ccc2c1. The summed E-state index contributed by atoms with van der Waals surface area (Å²) in [5, 5.41) is 2.52. The molecule has 0 aliphatic carbocycles. The van der Waals surface area contributed by atoms with Crippen molar-refractivity contribution in [1.82, 2.24) is 24.8 Å². The van der Waals surface area contributed by atoms with Crippen LogP contribution in [0.3, 0.4) is 0 Å². The third-order valence-corrected chi connectivity index (χ3v) is 11.8. The number of methoxy groups -OCH3 is 4. The summed E-state index contributed by atoms with van der Waals surface area (Å²) >= 11 is 11.3. The number of nitrogens with one attached hydrogen (secondary N) is 3. The first-order valence-electron chi connectivity index (χ1n) is 20.2. The van der Waals surface area contributed by atoms with Gasteiger partial charge < -0.3 is 33.9 Å². The van der Waals surface area contributed by atoms with Gasteiger partial charge in [0.25, 0.3) is 23.6 Å². The molecule has 13 nitrogen and oxygen atoms in total. The molecule has 0 saturated carbocycles.